The lowest BCUT2D eigenvalue weighted by atomic mass is 10.3. The van der Waals surface area contributed by atoms with Crippen LogP contribution in [0.1, 0.15) is 6.92 Å². The third-order valence-electron chi connectivity index (χ3n) is 1.41. The van der Waals surface area contributed by atoms with Crippen LogP contribution >= 0.6 is 22.6 Å². The van der Waals surface area contributed by atoms with E-state index >= 15 is 0 Å². The number of hydrogen-bond acceptors (Lipinski definition) is 3. The minimum absolute atomic E-state index is 0.242. The molecule has 0 amide bonds. The van der Waals surface area contributed by atoms with Gasteiger partial charge < -0.3 is 14.6 Å². The summed E-state index contributed by atoms with van der Waals surface area (Å²) in [5.74, 6) is 0.952. The molecule has 1 aromatic carbocycles. The lowest BCUT2D eigenvalue weighted by Crippen LogP contribution is -1.89. The van der Waals surface area contributed by atoms with Crippen LogP contribution in [0.4, 0.5) is 0 Å². The van der Waals surface area contributed by atoms with Gasteiger partial charge in [0, 0.05) is 17.6 Å². The Hall–Kier alpha value is -0.490. The van der Waals surface area contributed by atoms with Crippen LogP contribution in [0.2, 0.25) is 0 Å². The fraction of sp³-hybridized carbons (Fsp3) is 0.455. The number of ether oxygens (including phenoxy) is 2. The van der Waals surface area contributed by atoms with Crippen molar-refractivity contribution in [2.24, 2.45) is 0 Å². The van der Waals surface area contributed by atoms with Crippen LogP contribution in [-0.4, -0.2) is 29.9 Å². The minimum Gasteiger partial charge on any atom is -0.508 e. The predicted molar refractivity (Wildman–Crippen MR) is 70.0 cm³/mol. The number of benzene rings is 1. The van der Waals surface area contributed by atoms with Gasteiger partial charge in [0.25, 0.3) is 0 Å². The fourth-order valence-corrected chi connectivity index (χ4v) is 1.26. The van der Waals surface area contributed by atoms with Crippen LogP contribution in [0.5, 0.6) is 11.5 Å². The molecule has 1 rings (SSSR count). The number of aromatic hydroxyl groups is 1. The lowest BCUT2D eigenvalue weighted by Gasteiger charge is -2.01. The molecule has 0 aliphatic carbocycles. The Bertz CT molecular complexity index is 251. The van der Waals surface area contributed by atoms with E-state index in [2.05, 4.69) is 27.3 Å². The van der Waals surface area contributed by atoms with Gasteiger partial charge >= 0.3 is 0 Å². The number of hydrogen-bond donors (Lipinski definition) is 1. The Morgan fingerprint density at radius 3 is 2.53 bits per heavy atom. The highest BCUT2D eigenvalue weighted by Crippen LogP contribution is 2.16. The molecule has 86 valence electrons. The molecule has 0 fully saturated rings. The van der Waals surface area contributed by atoms with Crippen LogP contribution in [0, 0.1) is 0 Å². The summed E-state index contributed by atoms with van der Waals surface area (Å²) in [6, 6.07) is 6.76. The first kappa shape index (κ1) is 14.5. The Kier molecular flexibility index (Phi) is 9.71. The molecule has 0 spiro atoms. The Balaban J connectivity index is 0.000000336. The molecule has 3 nitrogen and oxygen atoms in total. The quantitative estimate of drug-likeness (QED) is 0.684. The zero-order valence-corrected chi connectivity index (χ0v) is 11.2. The number of phenols is 1. The molecule has 15 heavy (non-hydrogen) atoms. The molecule has 4 heteroatoms. The highest BCUT2D eigenvalue weighted by molar-refractivity contribution is 14.1. The molecule has 0 aliphatic rings. The standard InChI is InChI=1S/C8H10O2.C3H7IO/c1-2-10-8-5-3-4-7(9)6-8;1-5-3-2-4/h3-6,9H,2H2,1H3;2-3H2,1H3. The Morgan fingerprint density at radius 2 is 2.13 bits per heavy atom. The average Bonchev–Trinajstić information content (AvgIpc) is 2.20. The van der Waals surface area contributed by atoms with E-state index in [1.165, 1.54) is 0 Å². The van der Waals surface area contributed by atoms with Gasteiger partial charge in [0.15, 0.2) is 0 Å². The van der Waals surface area contributed by atoms with E-state index in [0.29, 0.717) is 12.4 Å². The van der Waals surface area contributed by atoms with Crippen LogP contribution in [0.25, 0.3) is 0 Å². The lowest BCUT2D eigenvalue weighted by molar-refractivity contribution is 0.220. The minimum atomic E-state index is 0.242. The summed E-state index contributed by atoms with van der Waals surface area (Å²) in [6.07, 6.45) is 0. The highest BCUT2D eigenvalue weighted by atomic mass is 127. The molecule has 1 N–H and O–H groups in total. The van der Waals surface area contributed by atoms with Crippen molar-refractivity contribution in [2.45, 2.75) is 6.92 Å². The van der Waals surface area contributed by atoms with Crippen LogP contribution in [-0.2, 0) is 4.74 Å². The second-order valence-corrected chi connectivity index (χ2v) is 3.69. The zero-order chi connectivity index (χ0) is 11.5. The molecular weight excluding hydrogens is 307 g/mol. The van der Waals surface area contributed by atoms with E-state index < -0.39 is 0 Å². The second kappa shape index (κ2) is 10.0. The Labute approximate surface area is 105 Å². The maximum absolute atomic E-state index is 8.96. The van der Waals surface area contributed by atoms with E-state index in [-0.39, 0.29) is 5.75 Å². The van der Waals surface area contributed by atoms with Crippen molar-refractivity contribution in [3.63, 3.8) is 0 Å². The zero-order valence-electron chi connectivity index (χ0n) is 9.07. The molecule has 0 atom stereocenters. The van der Waals surface area contributed by atoms with Crippen molar-refractivity contribution in [1.82, 2.24) is 0 Å². The van der Waals surface area contributed by atoms with Crippen molar-refractivity contribution in [3.05, 3.63) is 24.3 Å². The Morgan fingerprint density at radius 1 is 1.40 bits per heavy atom. The molecule has 0 saturated heterocycles. The SMILES string of the molecule is CCOc1cccc(O)c1.COCCI. The van der Waals surface area contributed by atoms with Crippen LogP contribution in [0.15, 0.2) is 24.3 Å². The molecule has 0 aliphatic heterocycles. The summed E-state index contributed by atoms with van der Waals surface area (Å²) in [4.78, 5) is 0. The van der Waals surface area contributed by atoms with Gasteiger partial charge in [-0.2, -0.15) is 0 Å². The van der Waals surface area contributed by atoms with Crippen LogP contribution < -0.4 is 4.74 Å². The summed E-state index contributed by atoms with van der Waals surface area (Å²) in [5.41, 5.74) is 0. The molecule has 0 saturated carbocycles. The summed E-state index contributed by atoms with van der Waals surface area (Å²) < 4.78 is 10.9. The number of phenolic OH excluding ortho intramolecular Hbond substituents is 1. The maximum atomic E-state index is 8.96. The molecule has 1 aromatic rings. The van der Waals surface area contributed by atoms with Crippen molar-refractivity contribution in [1.29, 1.82) is 0 Å². The number of methoxy groups -OCH3 is 1. The number of alkyl halides is 1. The molecule has 0 heterocycles. The third-order valence-corrected chi connectivity index (χ3v) is 1.85. The fourth-order valence-electron chi connectivity index (χ4n) is 0.817. The van der Waals surface area contributed by atoms with Crippen molar-refractivity contribution in [2.75, 3.05) is 24.8 Å². The molecule has 0 aromatic heterocycles. The van der Waals surface area contributed by atoms with E-state index in [9.17, 15) is 0 Å². The third kappa shape index (κ3) is 8.50. The van der Waals surface area contributed by atoms with Crippen LogP contribution in [0.3, 0.4) is 0 Å². The maximum Gasteiger partial charge on any atom is 0.122 e. The van der Waals surface area contributed by atoms with Gasteiger partial charge in [-0.15, -0.1) is 0 Å². The number of halogens is 1. The molecule has 0 radical (unpaired) electrons. The monoisotopic (exact) mass is 324 g/mol. The summed E-state index contributed by atoms with van der Waals surface area (Å²) in [6.45, 7) is 3.41. The molecular formula is C11H17IO3. The van der Waals surface area contributed by atoms with Gasteiger partial charge in [0.1, 0.15) is 11.5 Å². The second-order valence-electron chi connectivity index (χ2n) is 2.61. The van der Waals surface area contributed by atoms with Gasteiger partial charge in [-0.1, -0.05) is 28.7 Å². The van der Waals surface area contributed by atoms with Gasteiger partial charge in [0.05, 0.1) is 13.2 Å². The van der Waals surface area contributed by atoms with E-state index in [4.69, 9.17) is 9.84 Å². The summed E-state index contributed by atoms with van der Waals surface area (Å²) in [5, 5.41) is 8.96. The van der Waals surface area contributed by atoms with Gasteiger partial charge in [0.2, 0.25) is 0 Å². The predicted octanol–water partition coefficient (Wildman–Crippen LogP) is 2.86. The largest absolute Gasteiger partial charge is 0.508 e. The molecule has 0 bridgehead atoms. The highest BCUT2D eigenvalue weighted by Gasteiger charge is 1.90. The van der Waals surface area contributed by atoms with E-state index in [0.717, 1.165) is 11.0 Å². The smallest absolute Gasteiger partial charge is 0.122 e. The van der Waals surface area contributed by atoms with E-state index in [1.807, 2.05) is 13.0 Å². The van der Waals surface area contributed by atoms with Crippen molar-refractivity contribution >= 4 is 22.6 Å². The van der Waals surface area contributed by atoms with Gasteiger partial charge in [-0.25, -0.2) is 0 Å². The first-order valence-corrected chi connectivity index (χ1v) is 6.23. The topological polar surface area (TPSA) is 38.7 Å². The van der Waals surface area contributed by atoms with E-state index in [1.54, 1.807) is 25.3 Å². The molecule has 0 unspecified atom stereocenters. The van der Waals surface area contributed by atoms with Crippen molar-refractivity contribution < 1.29 is 14.6 Å². The summed E-state index contributed by atoms with van der Waals surface area (Å²) in [7, 11) is 1.71. The van der Waals surface area contributed by atoms with Gasteiger partial charge in [-0.3, -0.25) is 0 Å². The number of rotatable bonds is 4. The summed E-state index contributed by atoms with van der Waals surface area (Å²) >= 11 is 2.26. The van der Waals surface area contributed by atoms with Crippen molar-refractivity contribution in [3.8, 4) is 11.5 Å². The first-order chi connectivity index (χ1) is 7.24. The normalized spacial score (nSPS) is 9.00. The average molecular weight is 324 g/mol. The first-order valence-electron chi connectivity index (χ1n) is 4.71. The van der Waals surface area contributed by atoms with Gasteiger partial charge in [-0.05, 0) is 19.1 Å².